The first-order valence-electron chi connectivity index (χ1n) is 9.61. The SMILES string of the molecule is CCNC(=NCc1ccc(OC)c(NC(C)=O)c1)N1CCC2(CCOC2)C1.I. The van der Waals surface area contributed by atoms with E-state index in [1.54, 1.807) is 7.11 Å². The maximum atomic E-state index is 11.4. The van der Waals surface area contributed by atoms with Gasteiger partial charge in [-0.1, -0.05) is 6.07 Å². The molecule has 2 aliphatic rings. The van der Waals surface area contributed by atoms with E-state index in [-0.39, 0.29) is 29.9 Å². The molecule has 2 saturated heterocycles. The molecule has 156 valence electrons. The molecule has 0 bridgehead atoms. The fourth-order valence-electron chi connectivity index (χ4n) is 3.82. The van der Waals surface area contributed by atoms with Gasteiger partial charge >= 0.3 is 0 Å². The highest BCUT2D eigenvalue weighted by Crippen LogP contribution is 2.38. The second-order valence-corrected chi connectivity index (χ2v) is 7.36. The number of anilines is 1. The quantitative estimate of drug-likeness (QED) is 0.368. The Balaban J connectivity index is 0.00000280. The average molecular weight is 502 g/mol. The van der Waals surface area contributed by atoms with Crippen LogP contribution in [0.3, 0.4) is 0 Å². The maximum Gasteiger partial charge on any atom is 0.221 e. The number of carbonyl (C=O) groups excluding carboxylic acids is 1. The lowest BCUT2D eigenvalue weighted by molar-refractivity contribution is -0.114. The number of nitrogens with one attached hydrogen (secondary N) is 2. The number of hydrogen-bond donors (Lipinski definition) is 2. The molecule has 1 spiro atoms. The maximum absolute atomic E-state index is 11.4. The van der Waals surface area contributed by atoms with Crippen molar-refractivity contribution in [2.45, 2.75) is 33.2 Å². The summed E-state index contributed by atoms with van der Waals surface area (Å²) in [6.45, 7) is 8.69. The lowest BCUT2D eigenvalue weighted by Gasteiger charge is -2.25. The molecule has 1 aromatic carbocycles. The lowest BCUT2D eigenvalue weighted by atomic mass is 9.87. The van der Waals surface area contributed by atoms with Gasteiger partial charge in [0.2, 0.25) is 5.91 Å². The van der Waals surface area contributed by atoms with Crippen LogP contribution in [0, 0.1) is 5.41 Å². The smallest absolute Gasteiger partial charge is 0.221 e. The van der Waals surface area contributed by atoms with E-state index in [1.165, 1.54) is 6.92 Å². The molecule has 2 fully saturated rings. The number of aliphatic imine (C=N–C) groups is 1. The van der Waals surface area contributed by atoms with Gasteiger partial charge in [-0.05, 0) is 37.5 Å². The van der Waals surface area contributed by atoms with Crippen LogP contribution in [0.4, 0.5) is 5.69 Å². The van der Waals surface area contributed by atoms with Crippen LogP contribution in [0.15, 0.2) is 23.2 Å². The Morgan fingerprint density at radius 2 is 2.21 bits per heavy atom. The van der Waals surface area contributed by atoms with Crippen molar-refractivity contribution < 1.29 is 14.3 Å². The molecule has 28 heavy (non-hydrogen) atoms. The van der Waals surface area contributed by atoms with Crippen LogP contribution in [-0.4, -0.2) is 56.7 Å². The number of nitrogens with zero attached hydrogens (tertiary/aromatic N) is 2. The summed E-state index contributed by atoms with van der Waals surface area (Å²) in [6, 6.07) is 5.76. The Morgan fingerprint density at radius 3 is 2.86 bits per heavy atom. The molecule has 0 aliphatic carbocycles. The molecule has 1 unspecified atom stereocenters. The zero-order chi connectivity index (χ0) is 19.3. The third kappa shape index (κ3) is 5.50. The number of benzene rings is 1. The largest absolute Gasteiger partial charge is 0.495 e. The monoisotopic (exact) mass is 502 g/mol. The van der Waals surface area contributed by atoms with Gasteiger partial charge in [0.15, 0.2) is 5.96 Å². The minimum Gasteiger partial charge on any atom is -0.495 e. The molecule has 0 radical (unpaired) electrons. The standard InChI is InChI=1S/C20H30N4O3.HI/c1-4-21-19(24-9-7-20(13-24)8-10-27-14-20)22-12-16-5-6-18(26-3)17(11-16)23-15(2)25;/h5-6,11H,4,7-10,12-14H2,1-3H3,(H,21,22)(H,23,25);1H. The van der Waals surface area contributed by atoms with E-state index in [4.69, 9.17) is 14.5 Å². The second kappa shape index (κ2) is 10.3. The number of methoxy groups -OCH3 is 1. The van der Waals surface area contributed by atoms with Gasteiger partial charge in [-0.15, -0.1) is 24.0 Å². The van der Waals surface area contributed by atoms with Crippen LogP contribution in [0.5, 0.6) is 5.75 Å². The highest BCUT2D eigenvalue weighted by molar-refractivity contribution is 14.0. The van der Waals surface area contributed by atoms with Crippen molar-refractivity contribution in [1.29, 1.82) is 0 Å². The van der Waals surface area contributed by atoms with Crippen molar-refractivity contribution in [3.63, 3.8) is 0 Å². The number of amides is 1. The zero-order valence-corrected chi connectivity index (χ0v) is 19.2. The molecule has 1 aromatic rings. The molecule has 0 aromatic heterocycles. The number of rotatable bonds is 5. The van der Waals surface area contributed by atoms with Crippen LogP contribution < -0.4 is 15.4 Å². The fraction of sp³-hybridized carbons (Fsp3) is 0.600. The Bertz CT molecular complexity index is 705. The zero-order valence-electron chi connectivity index (χ0n) is 16.9. The predicted molar refractivity (Wildman–Crippen MR) is 122 cm³/mol. The Labute approximate surface area is 184 Å². The number of guanidine groups is 1. The van der Waals surface area contributed by atoms with Gasteiger partial charge in [0.05, 0.1) is 25.9 Å². The number of ether oxygens (including phenoxy) is 2. The van der Waals surface area contributed by atoms with Gasteiger partial charge in [-0.2, -0.15) is 0 Å². The molecule has 2 heterocycles. The van der Waals surface area contributed by atoms with Gasteiger partial charge in [0.1, 0.15) is 5.75 Å². The summed E-state index contributed by atoms with van der Waals surface area (Å²) in [7, 11) is 1.59. The van der Waals surface area contributed by atoms with Crippen molar-refractivity contribution >= 4 is 41.5 Å². The average Bonchev–Trinajstić information content (AvgIpc) is 3.28. The molecular formula is C20H31IN4O3. The van der Waals surface area contributed by atoms with E-state index < -0.39 is 0 Å². The first-order valence-corrected chi connectivity index (χ1v) is 9.61. The van der Waals surface area contributed by atoms with E-state index in [1.807, 2.05) is 18.2 Å². The number of likely N-dealkylation sites (tertiary alicyclic amines) is 1. The summed E-state index contributed by atoms with van der Waals surface area (Å²) in [5.74, 6) is 1.47. The van der Waals surface area contributed by atoms with Crippen LogP contribution in [0.2, 0.25) is 0 Å². The van der Waals surface area contributed by atoms with E-state index in [0.29, 0.717) is 23.4 Å². The first kappa shape index (κ1) is 22.7. The lowest BCUT2D eigenvalue weighted by Crippen LogP contribution is -2.41. The number of carbonyl (C=O) groups is 1. The van der Waals surface area contributed by atoms with E-state index >= 15 is 0 Å². The molecule has 1 atom stereocenters. The molecule has 1 amide bonds. The van der Waals surface area contributed by atoms with Crippen LogP contribution in [0.25, 0.3) is 0 Å². The molecule has 7 nitrogen and oxygen atoms in total. The Morgan fingerprint density at radius 1 is 1.39 bits per heavy atom. The van der Waals surface area contributed by atoms with Crippen LogP contribution in [-0.2, 0) is 16.1 Å². The van der Waals surface area contributed by atoms with E-state index in [9.17, 15) is 4.79 Å². The van der Waals surface area contributed by atoms with Gasteiger partial charge in [-0.25, -0.2) is 4.99 Å². The molecule has 3 rings (SSSR count). The highest BCUT2D eigenvalue weighted by atomic mass is 127. The summed E-state index contributed by atoms with van der Waals surface area (Å²) in [5.41, 5.74) is 1.99. The Kier molecular flexibility index (Phi) is 8.36. The van der Waals surface area contributed by atoms with Crippen molar-refractivity contribution in [1.82, 2.24) is 10.2 Å². The minimum atomic E-state index is -0.122. The van der Waals surface area contributed by atoms with Gasteiger partial charge in [0, 0.05) is 38.6 Å². The molecular weight excluding hydrogens is 471 g/mol. The summed E-state index contributed by atoms with van der Waals surface area (Å²) in [6.07, 6.45) is 2.30. The normalized spacial score (nSPS) is 21.5. The fourth-order valence-corrected chi connectivity index (χ4v) is 3.82. The summed E-state index contributed by atoms with van der Waals surface area (Å²) in [5, 5.41) is 6.22. The molecule has 0 saturated carbocycles. The second-order valence-electron chi connectivity index (χ2n) is 7.36. The van der Waals surface area contributed by atoms with Crippen LogP contribution >= 0.6 is 24.0 Å². The van der Waals surface area contributed by atoms with E-state index in [2.05, 4.69) is 22.5 Å². The predicted octanol–water partition coefficient (Wildman–Crippen LogP) is 2.85. The topological polar surface area (TPSA) is 75.2 Å². The van der Waals surface area contributed by atoms with E-state index in [0.717, 1.165) is 57.2 Å². The molecule has 2 N–H and O–H groups in total. The van der Waals surface area contributed by atoms with Crippen molar-refractivity contribution in [2.24, 2.45) is 10.4 Å². The van der Waals surface area contributed by atoms with Crippen molar-refractivity contribution in [3.8, 4) is 5.75 Å². The molecule has 2 aliphatic heterocycles. The third-order valence-corrected chi connectivity index (χ3v) is 5.24. The van der Waals surface area contributed by atoms with Gasteiger partial charge in [0.25, 0.3) is 0 Å². The number of halogens is 1. The molecule has 8 heteroatoms. The summed E-state index contributed by atoms with van der Waals surface area (Å²) < 4.78 is 11.0. The number of hydrogen-bond acceptors (Lipinski definition) is 4. The first-order chi connectivity index (χ1) is 13.0. The highest BCUT2D eigenvalue weighted by Gasteiger charge is 2.42. The van der Waals surface area contributed by atoms with Crippen molar-refractivity contribution in [2.75, 3.05) is 45.3 Å². The minimum absolute atomic E-state index is 0. The summed E-state index contributed by atoms with van der Waals surface area (Å²) in [4.78, 5) is 18.6. The third-order valence-electron chi connectivity index (χ3n) is 5.24. The van der Waals surface area contributed by atoms with Gasteiger partial charge in [-0.3, -0.25) is 4.79 Å². The Hall–Kier alpha value is -1.55. The summed E-state index contributed by atoms with van der Waals surface area (Å²) >= 11 is 0. The van der Waals surface area contributed by atoms with Crippen molar-refractivity contribution in [3.05, 3.63) is 23.8 Å². The van der Waals surface area contributed by atoms with Crippen LogP contribution in [0.1, 0.15) is 32.3 Å². The van der Waals surface area contributed by atoms with Gasteiger partial charge < -0.3 is 25.0 Å².